The van der Waals surface area contributed by atoms with Crippen LogP contribution < -0.4 is 4.90 Å². The van der Waals surface area contributed by atoms with Crippen LogP contribution in [0.2, 0.25) is 0 Å². The first-order valence-electron chi connectivity index (χ1n) is 10.3. The minimum atomic E-state index is -0.000813. The van der Waals surface area contributed by atoms with Crippen LogP contribution in [0.3, 0.4) is 0 Å². The summed E-state index contributed by atoms with van der Waals surface area (Å²) in [6.45, 7) is 7.88. The monoisotopic (exact) mass is 425 g/mol. The van der Waals surface area contributed by atoms with Crippen molar-refractivity contribution >= 4 is 39.4 Å². The Morgan fingerprint density at radius 1 is 1.24 bits per heavy atom. The smallest absolute Gasteiger partial charge is 0.230 e. The van der Waals surface area contributed by atoms with Crippen molar-refractivity contribution in [3.63, 3.8) is 0 Å². The lowest BCUT2D eigenvalue weighted by Gasteiger charge is -2.34. The first kappa shape index (κ1) is 20.3. The quantitative estimate of drug-likeness (QED) is 0.489. The van der Waals surface area contributed by atoms with Gasteiger partial charge in [-0.05, 0) is 47.9 Å². The van der Waals surface area contributed by atoms with Gasteiger partial charge in [0.1, 0.15) is 0 Å². The number of aromatic nitrogens is 1. The number of carbonyl (C=O) groups is 1. The van der Waals surface area contributed by atoms with Crippen LogP contribution in [-0.2, 0) is 24.2 Å². The molecule has 1 atom stereocenters. The van der Waals surface area contributed by atoms with Crippen LogP contribution in [0.25, 0.3) is 0 Å². The fraction of sp³-hybridized carbons (Fsp3) is 0.391. The highest BCUT2D eigenvalue weighted by Gasteiger charge is 2.28. The van der Waals surface area contributed by atoms with Gasteiger partial charge >= 0.3 is 0 Å². The Hall–Kier alpha value is -2.02. The summed E-state index contributed by atoms with van der Waals surface area (Å²) in [6, 6.07) is 10.8. The summed E-state index contributed by atoms with van der Waals surface area (Å²) < 4.78 is 0. The number of fused-ring (bicyclic) bond motifs is 1. The molecule has 0 fully saturated rings. The Balaban J connectivity index is 1.58. The standard InChI is InChI=1S/C23H27N3OS2/c1-4-17-8-6-7-9-21(17)26(16(3)27)23-24-18(15-29-23)14-25-12-10-22-19(11-13-28-22)20(25)5-2/h6-9,11,13,15,20H,4-5,10,12,14H2,1-3H3. The van der Waals surface area contributed by atoms with Crippen molar-refractivity contribution in [3.05, 3.63) is 62.8 Å². The molecule has 1 amide bonds. The number of thiophene rings is 1. The summed E-state index contributed by atoms with van der Waals surface area (Å²) >= 11 is 3.43. The third-order valence-corrected chi connectivity index (χ3v) is 7.49. The number of aryl methyl sites for hydroxylation is 1. The van der Waals surface area contributed by atoms with Crippen LogP contribution in [-0.4, -0.2) is 22.3 Å². The number of nitrogens with zero attached hydrogens (tertiary/aromatic N) is 3. The van der Waals surface area contributed by atoms with Gasteiger partial charge in [-0.3, -0.25) is 14.6 Å². The Labute approximate surface area is 180 Å². The second kappa shape index (κ2) is 8.78. The molecule has 29 heavy (non-hydrogen) atoms. The molecule has 1 aliphatic rings. The molecule has 0 aliphatic carbocycles. The lowest BCUT2D eigenvalue weighted by atomic mass is 9.98. The molecule has 0 saturated heterocycles. The fourth-order valence-electron chi connectivity index (χ4n) is 4.23. The Bertz CT molecular complexity index is 993. The molecule has 152 valence electrons. The largest absolute Gasteiger partial charge is 0.290 e. The SMILES string of the molecule is CCc1ccccc1N(C(C)=O)c1nc(CN2CCc3sccc3C2CC)cs1. The van der Waals surface area contributed by atoms with E-state index in [4.69, 9.17) is 4.98 Å². The van der Waals surface area contributed by atoms with Crippen molar-refractivity contribution in [1.29, 1.82) is 0 Å². The van der Waals surface area contributed by atoms with Crippen LogP contribution in [0.5, 0.6) is 0 Å². The van der Waals surface area contributed by atoms with Gasteiger partial charge in [0.15, 0.2) is 5.13 Å². The Morgan fingerprint density at radius 2 is 2.07 bits per heavy atom. The molecule has 0 radical (unpaired) electrons. The minimum absolute atomic E-state index is 0.000813. The van der Waals surface area contributed by atoms with Crippen molar-refractivity contribution in [2.75, 3.05) is 11.4 Å². The van der Waals surface area contributed by atoms with E-state index in [1.165, 1.54) is 10.4 Å². The van der Waals surface area contributed by atoms with Crippen LogP contribution in [0.15, 0.2) is 41.1 Å². The minimum Gasteiger partial charge on any atom is -0.290 e. The number of carbonyl (C=O) groups excluding carboxylic acids is 1. The Kier molecular flexibility index (Phi) is 6.13. The summed E-state index contributed by atoms with van der Waals surface area (Å²) in [5, 5.41) is 5.08. The lowest BCUT2D eigenvalue weighted by molar-refractivity contribution is -0.115. The van der Waals surface area contributed by atoms with E-state index in [9.17, 15) is 4.79 Å². The van der Waals surface area contributed by atoms with Gasteiger partial charge in [0.2, 0.25) is 5.91 Å². The van der Waals surface area contributed by atoms with Crippen LogP contribution in [0, 0.1) is 0 Å². The van der Waals surface area contributed by atoms with Crippen molar-refractivity contribution in [2.45, 2.75) is 52.6 Å². The first-order chi connectivity index (χ1) is 14.1. The molecule has 4 rings (SSSR count). The van der Waals surface area contributed by atoms with Crippen molar-refractivity contribution in [1.82, 2.24) is 9.88 Å². The van der Waals surface area contributed by atoms with Crippen molar-refractivity contribution in [2.24, 2.45) is 0 Å². The fourth-order valence-corrected chi connectivity index (χ4v) is 6.03. The third-order valence-electron chi connectivity index (χ3n) is 5.62. The van der Waals surface area contributed by atoms with E-state index in [-0.39, 0.29) is 5.91 Å². The van der Waals surface area contributed by atoms with Gasteiger partial charge < -0.3 is 0 Å². The predicted octanol–water partition coefficient (Wildman–Crippen LogP) is 5.96. The van der Waals surface area contributed by atoms with E-state index < -0.39 is 0 Å². The Morgan fingerprint density at radius 3 is 2.83 bits per heavy atom. The second-order valence-corrected chi connectivity index (χ2v) is 9.24. The zero-order valence-electron chi connectivity index (χ0n) is 17.2. The molecule has 3 heterocycles. The number of anilines is 2. The summed E-state index contributed by atoms with van der Waals surface area (Å²) in [4.78, 5) is 23.2. The van der Waals surface area contributed by atoms with E-state index in [2.05, 4.69) is 41.6 Å². The summed E-state index contributed by atoms with van der Waals surface area (Å²) in [6.07, 6.45) is 3.10. The molecule has 3 aromatic rings. The number of para-hydroxylation sites is 1. The van der Waals surface area contributed by atoms with Crippen molar-refractivity contribution in [3.8, 4) is 0 Å². The third kappa shape index (κ3) is 4.02. The molecule has 0 spiro atoms. The van der Waals surface area contributed by atoms with E-state index in [1.807, 2.05) is 29.5 Å². The molecular formula is C23H27N3OS2. The average molecular weight is 426 g/mol. The van der Waals surface area contributed by atoms with E-state index in [1.54, 1.807) is 23.2 Å². The normalized spacial score (nSPS) is 16.6. The number of hydrogen-bond donors (Lipinski definition) is 0. The molecule has 1 aromatic carbocycles. The second-order valence-electron chi connectivity index (χ2n) is 7.40. The molecule has 0 saturated carbocycles. The molecule has 1 aliphatic heterocycles. The van der Waals surface area contributed by atoms with Gasteiger partial charge in [0.25, 0.3) is 0 Å². The zero-order chi connectivity index (χ0) is 20.4. The number of rotatable bonds is 6. The predicted molar refractivity (Wildman–Crippen MR) is 122 cm³/mol. The molecule has 4 nitrogen and oxygen atoms in total. The molecule has 0 bridgehead atoms. The van der Waals surface area contributed by atoms with Gasteiger partial charge in [-0.15, -0.1) is 22.7 Å². The number of hydrogen-bond acceptors (Lipinski definition) is 5. The molecule has 6 heteroatoms. The van der Waals surface area contributed by atoms with Gasteiger partial charge in [-0.1, -0.05) is 32.0 Å². The highest BCUT2D eigenvalue weighted by Crippen LogP contribution is 2.37. The maximum atomic E-state index is 12.5. The topological polar surface area (TPSA) is 36.4 Å². The van der Waals surface area contributed by atoms with E-state index in [0.29, 0.717) is 6.04 Å². The average Bonchev–Trinajstić information content (AvgIpc) is 3.38. The van der Waals surface area contributed by atoms with Crippen molar-refractivity contribution < 1.29 is 4.79 Å². The van der Waals surface area contributed by atoms with Gasteiger partial charge in [-0.2, -0.15) is 0 Å². The van der Waals surface area contributed by atoms with E-state index in [0.717, 1.165) is 54.4 Å². The van der Waals surface area contributed by atoms with Gasteiger partial charge in [0.05, 0.1) is 11.4 Å². The highest BCUT2D eigenvalue weighted by molar-refractivity contribution is 7.14. The molecule has 0 N–H and O–H groups in total. The molecular weight excluding hydrogens is 398 g/mol. The molecule has 2 aromatic heterocycles. The molecule has 1 unspecified atom stereocenters. The van der Waals surface area contributed by atoms with Crippen LogP contribution in [0.1, 0.15) is 54.9 Å². The number of benzene rings is 1. The highest BCUT2D eigenvalue weighted by atomic mass is 32.1. The number of amides is 1. The lowest BCUT2D eigenvalue weighted by Crippen LogP contribution is -2.34. The maximum absolute atomic E-state index is 12.5. The van der Waals surface area contributed by atoms with Gasteiger partial charge in [0, 0.05) is 36.3 Å². The summed E-state index contributed by atoms with van der Waals surface area (Å²) in [5.74, 6) is -0.000813. The maximum Gasteiger partial charge on any atom is 0.230 e. The van der Waals surface area contributed by atoms with Crippen LogP contribution in [0.4, 0.5) is 10.8 Å². The first-order valence-corrected chi connectivity index (χ1v) is 12.0. The van der Waals surface area contributed by atoms with Crippen LogP contribution >= 0.6 is 22.7 Å². The van der Waals surface area contributed by atoms with E-state index >= 15 is 0 Å². The summed E-state index contributed by atoms with van der Waals surface area (Å²) in [5.41, 5.74) is 4.63. The number of thiazole rings is 1. The summed E-state index contributed by atoms with van der Waals surface area (Å²) in [7, 11) is 0. The zero-order valence-corrected chi connectivity index (χ0v) is 18.9. The van der Waals surface area contributed by atoms with Gasteiger partial charge in [-0.25, -0.2) is 4.98 Å².